The molecule has 3 heterocycles. The minimum absolute atomic E-state index is 0.614. The molecule has 5 nitrogen and oxygen atoms in total. The van der Waals surface area contributed by atoms with E-state index in [2.05, 4.69) is 90.4 Å². The van der Waals surface area contributed by atoms with Crippen LogP contribution in [0.3, 0.4) is 0 Å². The van der Waals surface area contributed by atoms with E-state index in [1.54, 1.807) is 0 Å². The Morgan fingerprint density at radius 3 is 1.78 bits per heavy atom. The molecule has 0 bridgehead atoms. The second kappa shape index (κ2) is 10.00. The summed E-state index contributed by atoms with van der Waals surface area (Å²) in [6, 6.07) is 47.9. The number of para-hydroxylation sites is 2. The Labute approximate surface area is 259 Å². The zero-order valence-corrected chi connectivity index (χ0v) is 24.5. The van der Waals surface area contributed by atoms with Gasteiger partial charge >= 0.3 is 0 Å². The summed E-state index contributed by atoms with van der Waals surface area (Å²) in [5.74, 6) is 1.88. The number of furan rings is 1. The zero-order valence-electron chi connectivity index (χ0n) is 24.5. The van der Waals surface area contributed by atoms with Crippen molar-refractivity contribution >= 4 is 43.7 Å². The average Bonchev–Trinajstić information content (AvgIpc) is 3.62. The van der Waals surface area contributed by atoms with Crippen molar-refractivity contribution in [3.05, 3.63) is 145 Å². The lowest BCUT2D eigenvalue weighted by Gasteiger charge is -2.10. The molecule has 0 spiro atoms. The molecule has 212 valence electrons. The topological polar surface area (TPSA) is 56.7 Å². The summed E-state index contributed by atoms with van der Waals surface area (Å²) in [5, 5.41) is 4.35. The molecule has 0 aliphatic rings. The SMILES string of the molecule is Cc1cc(-c2nc(-c3ccccc3)nc(-c3ccccc3)n2)c2c(c1)oc1cc3c4ccccc4n(-c4ccccc4)c3cc12. The highest BCUT2D eigenvalue weighted by Crippen LogP contribution is 2.41. The minimum Gasteiger partial charge on any atom is -0.456 e. The molecule has 0 fully saturated rings. The molecule has 0 amide bonds. The van der Waals surface area contributed by atoms with Crippen LogP contribution in [0.25, 0.3) is 83.6 Å². The van der Waals surface area contributed by atoms with Gasteiger partial charge in [0.15, 0.2) is 17.5 Å². The second-order valence-electron chi connectivity index (χ2n) is 11.4. The third-order valence-corrected chi connectivity index (χ3v) is 8.46. The Bertz CT molecular complexity index is 2470. The number of nitrogens with zero attached hydrogens (tertiary/aromatic N) is 4. The first kappa shape index (κ1) is 25.4. The Morgan fingerprint density at radius 2 is 1.09 bits per heavy atom. The highest BCUT2D eigenvalue weighted by atomic mass is 16.3. The molecule has 6 aromatic carbocycles. The molecule has 9 rings (SSSR count). The maximum absolute atomic E-state index is 6.62. The standard InChI is InChI=1S/C40H26N4O/c1-25-21-32(40-42-38(26-13-5-2-6-14-26)41-39(43-40)27-15-7-3-8-16-27)37-31-23-34-30(24-35(31)45-36(37)22-25)29-19-11-12-20-33(29)44(34)28-17-9-4-10-18-28/h2-24H,1H3. The van der Waals surface area contributed by atoms with E-state index in [1.165, 1.54) is 5.39 Å². The largest absolute Gasteiger partial charge is 0.456 e. The molecule has 0 atom stereocenters. The number of hydrogen-bond donors (Lipinski definition) is 0. The number of fused-ring (bicyclic) bond motifs is 6. The Kier molecular flexibility index (Phi) is 5.65. The van der Waals surface area contributed by atoms with Crippen LogP contribution in [0.4, 0.5) is 0 Å². The van der Waals surface area contributed by atoms with Crippen molar-refractivity contribution < 1.29 is 4.42 Å². The lowest BCUT2D eigenvalue weighted by molar-refractivity contribution is 0.669. The molecule has 0 saturated carbocycles. The van der Waals surface area contributed by atoms with E-state index in [0.29, 0.717) is 17.5 Å². The molecule has 3 aromatic heterocycles. The van der Waals surface area contributed by atoms with Gasteiger partial charge in [-0.15, -0.1) is 0 Å². The van der Waals surface area contributed by atoms with Crippen molar-refractivity contribution in [2.75, 3.05) is 0 Å². The first-order valence-corrected chi connectivity index (χ1v) is 15.0. The van der Waals surface area contributed by atoms with Crippen molar-refractivity contribution in [2.45, 2.75) is 6.92 Å². The first-order chi connectivity index (χ1) is 22.2. The Hall–Kier alpha value is -6.07. The predicted octanol–water partition coefficient (Wildman–Crippen LogP) is 10.2. The van der Waals surface area contributed by atoms with Crippen molar-refractivity contribution in [1.82, 2.24) is 19.5 Å². The normalized spacial score (nSPS) is 11.7. The fraction of sp³-hybridized carbons (Fsp3) is 0.0250. The summed E-state index contributed by atoms with van der Waals surface area (Å²) in [6.07, 6.45) is 0. The summed E-state index contributed by atoms with van der Waals surface area (Å²) in [5.41, 5.74) is 8.91. The van der Waals surface area contributed by atoms with Gasteiger partial charge in [0.25, 0.3) is 0 Å². The fourth-order valence-electron chi connectivity index (χ4n) is 6.47. The first-order valence-electron chi connectivity index (χ1n) is 15.0. The number of rotatable bonds is 4. The predicted molar refractivity (Wildman–Crippen MR) is 182 cm³/mol. The van der Waals surface area contributed by atoms with Crippen LogP contribution in [0.1, 0.15) is 5.56 Å². The van der Waals surface area contributed by atoms with Crippen molar-refractivity contribution in [1.29, 1.82) is 0 Å². The average molecular weight is 579 g/mol. The van der Waals surface area contributed by atoms with Crippen molar-refractivity contribution in [3.63, 3.8) is 0 Å². The van der Waals surface area contributed by atoms with Crippen LogP contribution in [0.15, 0.2) is 144 Å². The van der Waals surface area contributed by atoms with E-state index in [4.69, 9.17) is 19.4 Å². The van der Waals surface area contributed by atoms with E-state index < -0.39 is 0 Å². The number of benzene rings is 6. The molecule has 0 saturated heterocycles. The van der Waals surface area contributed by atoms with Gasteiger partial charge in [-0.25, -0.2) is 15.0 Å². The summed E-state index contributed by atoms with van der Waals surface area (Å²) in [6.45, 7) is 2.08. The van der Waals surface area contributed by atoms with Gasteiger partial charge in [0, 0.05) is 43.9 Å². The van der Waals surface area contributed by atoms with Crippen LogP contribution in [0.5, 0.6) is 0 Å². The summed E-state index contributed by atoms with van der Waals surface area (Å²) < 4.78 is 8.95. The van der Waals surface area contributed by atoms with Gasteiger partial charge in [-0.3, -0.25) is 0 Å². The number of hydrogen-bond acceptors (Lipinski definition) is 4. The zero-order chi connectivity index (χ0) is 29.9. The summed E-state index contributed by atoms with van der Waals surface area (Å²) >= 11 is 0. The van der Waals surface area contributed by atoms with Crippen molar-refractivity contribution in [2.24, 2.45) is 0 Å². The van der Waals surface area contributed by atoms with Crippen LogP contribution in [0.2, 0.25) is 0 Å². The van der Waals surface area contributed by atoms with Gasteiger partial charge in [0.05, 0.1) is 11.0 Å². The maximum Gasteiger partial charge on any atom is 0.164 e. The van der Waals surface area contributed by atoms with Crippen molar-refractivity contribution in [3.8, 4) is 39.9 Å². The highest BCUT2D eigenvalue weighted by molar-refractivity contribution is 6.19. The monoisotopic (exact) mass is 578 g/mol. The lowest BCUT2D eigenvalue weighted by atomic mass is 10.0. The molecule has 0 aliphatic heterocycles. The molecule has 0 unspecified atom stereocenters. The van der Waals surface area contributed by atoms with E-state index in [0.717, 1.165) is 66.3 Å². The fourth-order valence-corrected chi connectivity index (χ4v) is 6.47. The van der Waals surface area contributed by atoms with Crippen LogP contribution in [-0.4, -0.2) is 19.5 Å². The third-order valence-electron chi connectivity index (χ3n) is 8.46. The highest BCUT2D eigenvalue weighted by Gasteiger charge is 2.21. The van der Waals surface area contributed by atoms with Gasteiger partial charge in [-0.2, -0.15) is 0 Å². The van der Waals surface area contributed by atoms with Gasteiger partial charge in [0.1, 0.15) is 11.2 Å². The lowest BCUT2D eigenvalue weighted by Crippen LogP contribution is -2.00. The molecule has 0 N–H and O–H groups in total. The van der Waals surface area contributed by atoms with Crippen LogP contribution in [-0.2, 0) is 0 Å². The van der Waals surface area contributed by atoms with E-state index >= 15 is 0 Å². The van der Waals surface area contributed by atoms with Crippen LogP contribution in [0, 0.1) is 6.92 Å². The quantitative estimate of drug-likeness (QED) is 0.208. The third kappa shape index (κ3) is 4.13. The Morgan fingerprint density at radius 1 is 0.489 bits per heavy atom. The van der Waals surface area contributed by atoms with Gasteiger partial charge in [-0.05, 0) is 55.0 Å². The molecule has 9 aromatic rings. The molecular weight excluding hydrogens is 552 g/mol. The molecular formula is C40H26N4O. The molecule has 5 heteroatoms. The van der Waals surface area contributed by atoms with Crippen LogP contribution >= 0.6 is 0 Å². The molecule has 45 heavy (non-hydrogen) atoms. The Balaban J connectivity index is 1.37. The second-order valence-corrected chi connectivity index (χ2v) is 11.4. The maximum atomic E-state index is 6.62. The van der Waals surface area contributed by atoms with E-state index in [9.17, 15) is 0 Å². The van der Waals surface area contributed by atoms with Gasteiger partial charge < -0.3 is 8.98 Å². The molecule has 0 radical (unpaired) electrons. The van der Waals surface area contributed by atoms with E-state index in [1.807, 2.05) is 60.7 Å². The summed E-state index contributed by atoms with van der Waals surface area (Å²) in [7, 11) is 0. The minimum atomic E-state index is 0.614. The van der Waals surface area contributed by atoms with E-state index in [-0.39, 0.29) is 0 Å². The smallest absolute Gasteiger partial charge is 0.164 e. The number of aromatic nitrogens is 4. The molecule has 0 aliphatic carbocycles. The summed E-state index contributed by atoms with van der Waals surface area (Å²) in [4.78, 5) is 15.1. The van der Waals surface area contributed by atoms with Gasteiger partial charge in [0.2, 0.25) is 0 Å². The number of aryl methyl sites for hydroxylation is 1. The van der Waals surface area contributed by atoms with Crippen LogP contribution < -0.4 is 0 Å². The van der Waals surface area contributed by atoms with Gasteiger partial charge in [-0.1, -0.05) is 97.1 Å².